The highest BCUT2D eigenvalue weighted by molar-refractivity contribution is 6.05. The molecule has 2 N–H and O–H groups in total. The van der Waals surface area contributed by atoms with E-state index >= 15 is 0 Å². The fraction of sp³-hybridized carbons (Fsp3) is 0.111. The number of carbonyl (C=O) groups excluding carboxylic acids is 1. The molecule has 0 saturated heterocycles. The number of hydrogen-bond acceptors (Lipinski definition) is 2. The maximum atomic E-state index is 11.7. The van der Waals surface area contributed by atoms with Crippen LogP contribution >= 0.6 is 0 Å². The van der Waals surface area contributed by atoms with Crippen LogP contribution in [0.5, 0.6) is 0 Å². The lowest BCUT2D eigenvalue weighted by atomic mass is 9.95. The highest BCUT2D eigenvalue weighted by Crippen LogP contribution is 2.26. The number of pyridine rings is 1. The molecule has 1 unspecified atom stereocenters. The highest BCUT2D eigenvalue weighted by Gasteiger charge is 2.15. The van der Waals surface area contributed by atoms with E-state index in [1.807, 2.05) is 48.5 Å². The van der Waals surface area contributed by atoms with Crippen LogP contribution in [0.4, 0.5) is 0 Å². The Morgan fingerprint density at radius 3 is 2.43 bits per heavy atom. The lowest BCUT2D eigenvalue weighted by Crippen LogP contribution is -2.13. The van der Waals surface area contributed by atoms with Gasteiger partial charge in [-0.25, -0.2) is 0 Å². The van der Waals surface area contributed by atoms with Crippen LogP contribution in [0.25, 0.3) is 10.9 Å². The van der Waals surface area contributed by atoms with Gasteiger partial charge in [-0.2, -0.15) is 0 Å². The molecule has 1 atom stereocenters. The van der Waals surface area contributed by atoms with E-state index in [1.165, 1.54) is 0 Å². The van der Waals surface area contributed by atoms with E-state index in [0.29, 0.717) is 5.56 Å². The standard InChI is InChI=1S/C18H16N2O/c1-12(13-7-3-2-4-8-13)17-11-15(18(19)21)14-9-5-6-10-16(14)20-17/h2-12H,1H3,(H2,19,21). The van der Waals surface area contributed by atoms with Crippen LogP contribution in [0, 0.1) is 0 Å². The van der Waals surface area contributed by atoms with Gasteiger partial charge >= 0.3 is 0 Å². The van der Waals surface area contributed by atoms with Crippen molar-refractivity contribution in [1.82, 2.24) is 4.98 Å². The summed E-state index contributed by atoms with van der Waals surface area (Å²) in [7, 11) is 0. The van der Waals surface area contributed by atoms with Gasteiger partial charge in [0.15, 0.2) is 0 Å². The number of carbonyl (C=O) groups is 1. The molecule has 0 radical (unpaired) electrons. The third kappa shape index (κ3) is 2.50. The molecule has 1 amide bonds. The predicted octanol–water partition coefficient (Wildman–Crippen LogP) is 3.49. The first kappa shape index (κ1) is 13.3. The minimum atomic E-state index is -0.421. The van der Waals surface area contributed by atoms with Crippen molar-refractivity contribution in [2.45, 2.75) is 12.8 Å². The molecule has 0 saturated carbocycles. The summed E-state index contributed by atoms with van der Waals surface area (Å²) in [6.45, 7) is 2.08. The van der Waals surface area contributed by atoms with E-state index < -0.39 is 5.91 Å². The number of nitrogens with zero attached hydrogens (tertiary/aromatic N) is 1. The van der Waals surface area contributed by atoms with Crippen molar-refractivity contribution in [3.8, 4) is 0 Å². The molecule has 104 valence electrons. The monoisotopic (exact) mass is 276 g/mol. The molecule has 0 aliphatic carbocycles. The maximum Gasteiger partial charge on any atom is 0.249 e. The van der Waals surface area contributed by atoms with Gasteiger partial charge < -0.3 is 5.73 Å². The van der Waals surface area contributed by atoms with E-state index in [4.69, 9.17) is 5.73 Å². The van der Waals surface area contributed by atoms with Crippen molar-refractivity contribution in [1.29, 1.82) is 0 Å². The third-order valence-corrected chi connectivity index (χ3v) is 3.74. The van der Waals surface area contributed by atoms with Gasteiger partial charge in [0.05, 0.1) is 11.1 Å². The quantitative estimate of drug-likeness (QED) is 0.796. The van der Waals surface area contributed by atoms with Crippen LogP contribution in [0.1, 0.15) is 34.5 Å². The highest BCUT2D eigenvalue weighted by atomic mass is 16.1. The number of primary amides is 1. The Morgan fingerprint density at radius 1 is 1.05 bits per heavy atom. The number of para-hydroxylation sites is 1. The van der Waals surface area contributed by atoms with E-state index in [9.17, 15) is 4.79 Å². The Kier molecular flexibility index (Phi) is 3.40. The normalized spacial score (nSPS) is 12.2. The molecule has 0 aliphatic heterocycles. The third-order valence-electron chi connectivity index (χ3n) is 3.74. The van der Waals surface area contributed by atoms with Crippen molar-refractivity contribution in [3.05, 3.63) is 77.5 Å². The molecule has 3 nitrogen and oxygen atoms in total. The zero-order chi connectivity index (χ0) is 14.8. The Bertz CT molecular complexity index is 797. The fourth-order valence-corrected chi connectivity index (χ4v) is 2.53. The second-order valence-electron chi connectivity index (χ2n) is 5.11. The number of benzene rings is 2. The van der Waals surface area contributed by atoms with Crippen LogP contribution in [-0.4, -0.2) is 10.9 Å². The Labute approximate surface area is 123 Å². The summed E-state index contributed by atoms with van der Waals surface area (Å²) in [6.07, 6.45) is 0. The number of aromatic nitrogens is 1. The fourth-order valence-electron chi connectivity index (χ4n) is 2.53. The Hall–Kier alpha value is -2.68. The van der Waals surface area contributed by atoms with Crippen molar-refractivity contribution in [3.63, 3.8) is 0 Å². The molecule has 3 aromatic rings. The largest absolute Gasteiger partial charge is 0.366 e. The molecule has 0 fully saturated rings. The zero-order valence-corrected chi connectivity index (χ0v) is 11.8. The summed E-state index contributed by atoms with van der Waals surface area (Å²) in [5.41, 5.74) is 8.86. The SMILES string of the molecule is CC(c1ccccc1)c1cc(C(N)=O)c2ccccc2n1. The minimum Gasteiger partial charge on any atom is -0.366 e. The van der Waals surface area contributed by atoms with Gasteiger partial charge in [0, 0.05) is 17.0 Å². The zero-order valence-electron chi connectivity index (χ0n) is 11.8. The second-order valence-corrected chi connectivity index (χ2v) is 5.11. The second kappa shape index (κ2) is 5.37. The predicted molar refractivity (Wildman–Crippen MR) is 84.2 cm³/mol. The first-order valence-electron chi connectivity index (χ1n) is 6.91. The number of nitrogens with two attached hydrogens (primary N) is 1. The molecule has 3 rings (SSSR count). The van der Waals surface area contributed by atoms with Crippen molar-refractivity contribution in [2.24, 2.45) is 5.73 Å². The minimum absolute atomic E-state index is 0.105. The molecule has 3 heteroatoms. The van der Waals surface area contributed by atoms with Crippen LogP contribution in [0.15, 0.2) is 60.7 Å². The Morgan fingerprint density at radius 2 is 1.71 bits per heavy atom. The molecular weight excluding hydrogens is 260 g/mol. The molecule has 2 aromatic carbocycles. The topological polar surface area (TPSA) is 56.0 Å². The number of fused-ring (bicyclic) bond motifs is 1. The van der Waals surface area contributed by atoms with Gasteiger partial charge in [0.25, 0.3) is 0 Å². The number of hydrogen-bond donors (Lipinski definition) is 1. The first-order valence-corrected chi connectivity index (χ1v) is 6.91. The molecule has 0 spiro atoms. The summed E-state index contributed by atoms with van der Waals surface area (Å²) < 4.78 is 0. The van der Waals surface area contributed by atoms with E-state index in [0.717, 1.165) is 22.2 Å². The van der Waals surface area contributed by atoms with Crippen molar-refractivity contribution >= 4 is 16.8 Å². The molecule has 1 aromatic heterocycles. The van der Waals surface area contributed by atoms with Gasteiger partial charge in [-0.05, 0) is 17.7 Å². The molecule has 0 bridgehead atoms. The molecule has 0 aliphatic rings. The average molecular weight is 276 g/mol. The molecule has 1 heterocycles. The summed E-state index contributed by atoms with van der Waals surface area (Å²) in [6, 6.07) is 19.5. The van der Waals surface area contributed by atoms with Gasteiger partial charge in [-0.1, -0.05) is 55.5 Å². The van der Waals surface area contributed by atoms with Crippen LogP contribution in [0.2, 0.25) is 0 Å². The maximum absolute atomic E-state index is 11.7. The lowest BCUT2D eigenvalue weighted by molar-refractivity contribution is 0.100. The summed E-state index contributed by atoms with van der Waals surface area (Å²) in [5.74, 6) is -0.316. The van der Waals surface area contributed by atoms with Crippen LogP contribution < -0.4 is 5.73 Å². The van der Waals surface area contributed by atoms with Crippen LogP contribution in [-0.2, 0) is 0 Å². The molecule has 21 heavy (non-hydrogen) atoms. The van der Waals surface area contributed by atoms with E-state index in [1.54, 1.807) is 0 Å². The smallest absolute Gasteiger partial charge is 0.249 e. The van der Waals surface area contributed by atoms with Gasteiger partial charge in [-0.15, -0.1) is 0 Å². The summed E-state index contributed by atoms with van der Waals surface area (Å²) >= 11 is 0. The van der Waals surface area contributed by atoms with Crippen LogP contribution in [0.3, 0.4) is 0 Å². The summed E-state index contributed by atoms with van der Waals surface area (Å²) in [5, 5.41) is 0.800. The summed E-state index contributed by atoms with van der Waals surface area (Å²) in [4.78, 5) is 16.4. The van der Waals surface area contributed by atoms with Gasteiger partial charge in [0.2, 0.25) is 5.91 Å². The van der Waals surface area contributed by atoms with E-state index in [-0.39, 0.29) is 5.92 Å². The van der Waals surface area contributed by atoms with E-state index in [2.05, 4.69) is 24.0 Å². The van der Waals surface area contributed by atoms with Crippen molar-refractivity contribution < 1.29 is 4.79 Å². The first-order chi connectivity index (χ1) is 10.2. The van der Waals surface area contributed by atoms with Crippen molar-refractivity contribution in [2.75, 3.05) is 0 Å². The number of rotatable bonds is 3. The molecular formula is C18H16N2O. The Balaban J connectivity index is 2.18. The lowest BCUT2D eigenvalue weighted by Gasteiger charge is -2.14. The van der Waals surface area contributed by atoms with Gasteiger partial charge in [-0.3, -0.25) is 9.78 Å². The average Bonchev–Trinajstić information content (AvgIpc) is 2.53. The number of amides is 1. The van der Waals surface area contributed by atoms with Gasteiger partial charge in [0.1, 0.15) is 0 Å².